The summed E-state index contributed by atoms with van der Waals surface area (Å²) in [6, 6.07) is 20.6. The van der Waals surface area contributed by atoms with Crippen molar-refractivity contribution in [3.8, 4) is 0 Å². The van der Waals surface area contributed by atoms with Crippen LogP contribution in [0.2, 0.25) is 0 Å². The summed E-state index contributed by atoms with van der Waals surface area (Å²) in [6.45, 7) is 6.55. The van der Waals surface area contributed by atoms with Crippen LogP contribution in [0.15, 0.2) is 76.4 Å². The van der Waals surface area contributed by atoms with E-state index in [-0.39, 0.29) is 24.0 Å². The van der Waals surface area contributed by atoms with Crippen LogP contribution in [0.1, 0.15) is 22.4 Å². The van der Waals surface area contributed by atoms with Gasteiger partial charge in [-0.2, -0.15) is 0 Å². The zero-order chi connectivity index (χ0) is 22.0. The molecule has 3 aromatic rings. The van der Waals surface area contributed by atoms with E-state index in [0.29, 0.717) is 13.2 Å². The normalized spacial score (nSPS) is 14.7. The fourth-order valence-corrected chi connectivity index (χ4v) is 3.90. The molecule has 8 heteroatoms. The van der Waals surface area contributed by atoms with Crippen LogP contribution in [-0.4, -0.2) is 54.1 Å². The minimum absolute atomic E-state index is 0. The first-order valence-corrected chi connectivity index (χ1v) is 11.1. The average molecular weight is 561 g/mol. The van der Waals surface area contributed by atoms with Crippen LogP contribution >= 0.6 is 24.0 Å². The maximum absolute atomic E-state index is 5.96. The number of aromatic nitrogens is 1. The van der Waals surface area contributed by atoms with Crippen molar-refractivity contribution in [3.05, 3.63) is 89.3 Å². The second-order valence-electron chi connectivity index (χ2n) is 7.90. The number of nitrogens with zero attached hydrogens (tertiary/aromatic N) is 4. The molecule has 0 atom stereocenters. The van der Waals surface area contributed by atoms with E-state index < -0.39 is 0 Å². The maximum atomic E-state index is 5.96. The van der Waals surface area contributed by atoms with Gasteiger partial charge in [0.15, 0.2) is 5.96 Å². The number of hydrogen-bond acceptors (Lipinski definition) is 5. The van der Waals surface area contributed by atoms with Crippen LogP contribution in [0.25, 0.3) is 0 Å². The van der Waals surface area contributed by atoms with E-state index in [1.165, 1.54) is 16.7 Å². The summed E-state index contributed by atoms with van der Waals surface area (Å²) in [4.78, 5) is 9.22. The molecule has 0 amide bonds. The number of hydrogen-bond donors (Lipinski definition) is 1. The largest absolute Gasteiger partial charge is 0.372 e. The number of ether oxygens (including phenoxy) is 1. The van der Waals surface area contributed by atoms with Gasteiger partial charge in [-0.1, -0.05) is 59.8 Å². The third kappa shape index (κ3) is 7.55. The van der Waals surface area contributed by atoms with E-state index >= 15 is 0 Å². The molecule has 1 aliphatic rings. The van der Waals surface area contributed by atoms with Gasteiger partial charge in [0.2, 0.25) is 0 Å². The highest BCUT2D eigenvalue weighted by Crippen LogP contribution is 2.13. The van der Waals surface area contributed by atoms with E-state index in [2.05, 4.69) is 61.7 Å². The standard InChI is InChI=1S/C25H31N5O2.HI/c1-26-25(30-14-12-29(13-15-30)18-24-11-16-32-28-24)27-17-22-9-5-6-10-23(22)20-31-19-21-7-3-2-4-8-21;/h2-11,16H,12-15,17-20H2,1H3,(H,26,27);1H. The second kappa shape index (κ2) is 13.3. The van der Waals surface area contributed by atoms with Crippen LogP contribution in [0.3, 0.4) is 0 Å². The number of halogens is 1. The SMILES string of the molecule is CN=C(NCc1ccccc1COCc1ccccc1)N1CCN(Cc2ccon2)CC1.I. The Kier molecular flexibility index (Phi) is 10.2. The summed E-state index contributed by atoms with van der Waals surface area (Å²) >= 11 is 0. The second-order valence-corrected chi connectivity index (χ2v) is 7.90. The van der Waals surface area contributed by atoms with Crippen LogP contribution in [0, 0.1) is 0 Å². The summed E-state index contributed by atoms with van der Waals surface area (Å²) in [5.41, 5.74) is 4.59. The van der Waals surface area contributed by atoms with Crippen LogP contribution in [0.5, 0.6) is 0 Å². The Labute approximate surface area is 212 Å². The Hall–Kier alpha value is -2.43. The van der Waals surface area contributed by atoms with Crippen LogP contribution in [-0.2, 0) is 31.0 Å². The lowest BCUT2D eigenvalue weighted by Gasteiger charge is -2.36. The average Bonchev–Trinajstić information content (AvgIpc) is 3.35. The van der Waals surface area contributed by atoms with Crippen LogP contribution < -0.4 is 5.32 Å². The van der Waals surface area contributed by atoms with Crippen molar-refractivity contribution in [1.82, 2.24) is 20.3 Å². The third-order valence-electron chi connectivity index (χ3n) is 5.68. The van der Waals surface area contributed by atoms with Gasteiger partial charge in [0.05, 0.1) is 18.9 Å². The molecule has 33 heavy (non-hydrogen) atoms. The molecule has 1 fully saturated rings. The molecule has 0 radical (unpaired) electrons. The Morgan fingerprint density at radius 3 is 2.39 bits per heavy atom. The van der Waals surface area contributed by atoms with Gasteiger partial charge in [0, 0.05) is 52.4 Å². The molecule has 1 N–H and O–H groups in total. The van der Waals surface area contributed by atoms with Crippen molar-refractivity contribution in [1.29, 1.82) is 0 Å². The smallest absolute Gasteiger partial charge is 0.194 e. The lowest BCUT2D eigenvalue weighted by Crippen LogP contribution is -2.52. The van der Waals surface area contributed by atoms with Crippen molar-refractivity contribution >= 4 is 29.9 Å². The highest BCUT2D eigenvalue weighted by molar-refractivity contribution is 14.0. The van der Waals surface area contributed by atoms with Gasteiger partial charge in [0.1, 0.15) is 6.26 Å². The van der Waals surface area contributed by atoms with Gasteiger partial charge in [-0.3, -0.25) is 9.89 Å². The predicted molar refractivity (Wildman–Crippen MR) is 140 cm³/mol. The minimum Gasteiger partial charge on any atom is -0.372 e. The van der Waals surface area contributed by atoms with Gasteiger partial charge in [-0.05, 0) is 16.7 Å². The molecule has 176 valence electrons. The summed E-state index contributed by atoms with van der Waals surface area (Å²) < 4.78 is 10.9. The Bertz CT molecular complexity index is 973. The van der Waals surface area contributed by atoms with Gasteiger partial charge in [0.25, 0.3) is 0 Å². The highest BCUT2D eigenvalue weighted by Gasteiger charge is 2.20. The molecule has 0 aliphatic carbocycles. The van der Waals surface area contributed by atoms with E-state index in [0.717, 1.165) is 50.9 Å². The molecule has 1 saturated heterocycles. The number of guanidine groups is 1. The lowest BCUT2D eigenvalue weighted by atomic mass is 10.1. The Morgan fingerprint density at radius 1 is 0.970 bits per heavy atom. The monoisotopic (exact) mass is 561 g/mol. The number of nitrogens with one attached hydrogen (secondary N) is 1. The minimum atomic E-state index is 0. The number of aliphatic imine (C=N–C) groups is 1. The van der Waals surface area contributed by atoms with Crippen molar-refractivity contribution in [3.63, 3.8) is 0 Å². The molecule has 0 bridgehead atoms. The van der Waals surface area contributed by atoms with Crippen LogP contribution in [0.4, 0.5) is 0 Å². The zero-order valence-corrected chi connectivity index (χ0v) is 21.4. The molecule has 1 aromatic heterocycles. The van der Waals surface area contributed by atoms with Gasteiger partial charge in [-0.15, -0.1) is 24.0 Å². The Balaban J connectivity index is 0.00000306. The first kappa shape index (κ1) is 25.2. The number of benzene rings is 2. The molecule has 7 nitrogen and oxygen atoms in total. The van der Waals surface area contributed by atoms with E-state index in [1.54, 1.807) is 6.26 Å². The van der Waals surface area contributed by atoms with Crippen molar-refractivity contribution in [2.45, 2.75) is 26.3 Å². The summed E-state index contributed by atoms with van der Waals surface area (Å²) in [7, 11) is 1.85. The quantitative estimate of drug-likeness (QED) is 0.256. The van der Waals surface area contributed by atoms with Gasteiger partial charge in [-0.25, -0.2) is 0 Å². The molecule has 2 aromatic carbocycles. The molecule has 1 aliphatic heterocycles. The molecule has 2 heterocycles. The molecular formula is C25H32IN5O2. The molecule has 4 rings (SSSR count). The zero-order valence-electron chi connectivity index (χ0n) is 19.0. The first-order valence-electron chi connectivity index (χ1n) is 11.1. The molecule has 0 spiro atoms. The summed E-state index contributed by atoms with van der Waals surface area (Å²) in [5, 5.41) is 7.55. The van der Waals surface area contributed by atoms with E-state index in [1.807, 2.05) is 31.3 Å². The van der Waals surface area contributed by atoms with E-state index in [4.69, 9.17) is 9.26 Å². The fraction of sp³-hybridized carbons (Fsp3) is 0.360. The topological polar surface area (TPSA) is 66.1 Å². The van der Waals surface area contributed by atoms with Crippen molar-refractivity contribution < 1.29 is 9.26 Å². The maximum Gasteiger partial charge on any atom is 0.194 e. The molecule has 0 unspecified atom stereocenters. The van der Waals surface area contributed by atoms with Crippen molar-refractivity contribution in [2.24, 2.45) is 4.99 Å². The lowest BCUT2D eigenvalue weighted by molar-refractivity contribution is 0.106. The number of piperazine rings is 1. The molecular weight excluding hydrogens is 529 g/mol. The highest BCUT2D eigenvalue weighted by atomic mass is 127. The third-order valence-corrected chi connectivity index (χ3v) is 5.68. The fourth-order valence-electron chi connectivity index (χ4n) is 3.90. The van der Waals surface area contributed by atoms with E-state index in [9.17, 15) is 0 Å². The Morgan fingerprint density at radius 2 is 1.70 bits per heavy atom. The predicted octanol–water partition coefficient (Wildman–Crippen LogP) is 3.90. The summed E-state index contributed by atoms with van der Waals surface area (Å²) in [6.07, 6.45) is 1.63. The van der Waals surface area contributed by atoms with Gasteiger partial charge >= 0.3 is 0 Å². The summed E-state index contributed by atoms with van der Waals surface area (Å²) in [5.74, 6) is 0.936. The number of rotatable bonds is 8. The first-order chi connectivity index (χ1) is 15.8. The van der Waals surface area contributed by atoms with Crippen molar-refractivity contribution in [2.75, 3.05) is 33.2 Å². The van der Waals surface area contributed by atoms with Gasteiger partial charge < -0.3 is 19.5 Å². The molecule has 0 saturated carbocycles.